The molecule has 0 saturated heterocycles. The first-order valence-electron chi connectivity index (χ1n) is 4.88. The minimum Gasteiger partial charge on any atom is -0.461 e. The molecule has 0 amide bonds. The number of rotatable bonds is 8. The fourth-order valence-corrected chi connectivity index (χ4v) is 0.781. The van der Waals surface area contributed by atoms with E-state index in [2.05, 4.69) is 13.2 Å². The van der Waals surface area contributed by atoms with Crippen LogP contribution in [0.2, 0.25) is 0 Å². The van der Waals surface area contributed by atoms with Crippen molar-refractivity contribution in [3.8, 4) is 0 Å². The molecule has 0 unspecified atom stereocenters. The van der Waals surface area contributed by atoms with Crippen molar-refractivity contribution < 1.29 is 19.1 Å². The average molecular weight is 224 g/mol. The molecule has 0 aliphatic heterocycles. The highest BCUT2D eigenvalue weighted by Crippen LogP contribution is 1.93. The van der Waals surface area contributed by atoms with Crippen LogP contribution in [0.5, 0.6) is 0 Å². The van der Waals surface area contributed by atoms with Gasteiger partial charge in [0.1, 0.15) is 13.2 Å². The molecule has 0 aromatic carbocycles. The third kappa shape index (κ3) is 8.74. The molecule has 0 spiro atoms. The predicted molar refractivity (Wildman–Crippen MR) is 60.7 cm³/mol. The average Bonchev–Trinajstić information content (AvgIpc) is 2.29. The van der Waals surface area contributed by atoms with Crippen molar-refractivity contribution in [1.29, 1.82) is 0 Å². The highest BCUT2D eigenvalue weighted by atomic mass is 16.5. The zero-order chi connectivity index (χ0) is 12.2. The van der Waals surface area contributed by atoms with Crippen molar-refractivity contribution in [2.24, 2.45) is 0 Å². The van der Waals surface area contributed by atoms with Gasteiger partial charge in [0.05, 0.1) is 12.8 Å². The molecule has 0 atom stereocenters. The van der Waals surface area contributed by atoms with Gasteiger partial charge in [-0.05, 0) is 0 Å². The van der Waals surface area contributed by atoms with Crippen molar-refractivity contribution in [2.75, 3.05) is 13.2 Å². The Morgan fingerprint density at radius 3 is 1.56 bits per heavy atom. The Morgan fingerprint density at radius 2 is 1.25 bits per heavy atom. The Bertz CT molecular complexity index is 251. The fraction of sp³-hybridized carbons (Fsp3) is 0.333. The number of hydrogen-bond donors (Lipinski definition) is 0. The van der Waals surface area contributed by atoms with Crippen molar-refractivity contribution in [1.82, 2.24) is 0 Å². The number of carbonyl (C=O) groups excluding carboxylic acids is 2. The Kier molecular flexibility index (Phi) is 8.59. The second-order valence-corrected chi connectivity index (χ2v) is 2.82. The van der Waals surface area contributed by atoms with Crippen LogP contribution in [0.3, 0.4) is 0 Å². The van der Waals surface area contributed by atoms with Crippen molar-refractivity contribution >= 4 is 11.9 Å². The van der Waals surface area contributed by atoms with Crippen LogP contribution in [-0.4, -0.2) is 25.2 Å². The van der Waals surface area contributed by atoms with Gasteiger partial charge in [-0.25, -0.2) is 0 Å². The van der Waals surface area contributed by atoms with Gasteiger partial charge < -0.3 is 9.47 Å². The summed E-state index contributed by atoms with van der Waals surface area (Å²) in [6.45, 7) is 7.24. The third-order valence-electron chi connectivity index (χ3n) is 1.46. The molecule has 0 heterocycles. The standard InChI is InChI=1S/C12H16O4/c1-3-9-15-11(13)7-5-6-8-12(14)16-10-4-2/h3-6H,1-2,7-10H2. The normalized spacial score (nSPS) is 9.75. The molecular weight excluding hydrogens is 208 g/mol. The minimum absolute atomic E-state index is 0.141. The molecule has 0 radical (unpaired) electrons. The molecule has 0 aromatic heterocycles. The molecule has 4 nitrogen and oxygen atoms in total. The monoisotopic (exact) mass is 224 g/mol. The summed E-state index contributed by atoms with van der Waals surface area (Å²) in [5.74, 6) is -0.703. The molecule has 0 aliphatic rings. The summed E-state index contributed by atoms with van der Waals surface area (Å²) in [6, 6.07) is 0. The first-order chi connectivity index (χ1) is 7.70. The molecular formula is C12H16O4. The van der Waals surface area contributed by atoms with E-state index in [0.29, 0.717) is 0 Å². The summed E-state index contributed by atoms with van der Waals surface area (Å²) in [5, 5.41) is 0. The van der Waals surface area contributed by atoms with Gasteiger partial charge >= 0.3 is 11.9 Å². The Labute approximate surface area is 95.2 Å². The molecule has 0 bridgehead atoms. The molecule has 0 rings (SSSR count). The van der Waals surface area contributed by atoms with Crippen LogP contribution in [0.15, 0.2) is 37.5 Å². The van der Waals surface area contributed by atoms with Crippen LogP contribution >= 0.6 is 0 Å². The lowest BCUT2D eigenvalue weighted by molar-refractivity contribution is -0.142. The summed E-state index contributed by atoms with van der Waals surface area (Å²) >= 11 is 0. The van der Waals surface area contributed by atoms with Crippen LogP contribution in [0, 0.1) is 0 Å². The van der Waals surface area contributed by atoms with Gasteiger partial charge in [-0.3, -0.25) is 9.59 Å². The number of esters is 2. The molecule has 0 aromatic rings. The fourth-order valence-electron chi connectivity index (χ4n) is 0.781. The van der Waals surface area contributed by atoms with E-state index >= 15 is 0 Å². The van der Waals surface area contributed by atoms with Crippen LogP contribution in [0.25, 0.3) is 0 Å². The van der Waals surface area contributed by atoms with Crippen molar-refractivity contribution in [2.45, 2.75) is 12.8 Å². The van der Waals surface area contributed by atoms with Crippen molar-refractivity contribution in [3.63, 3.8) is 0 Å². The van der Waals surface area contributed by atoms with Gasteiger partial charge in [0.25, 0.3) is 0 Å². The predicted octanol–water partition coefficient (Wildman–Crippen LogP) is 1.78. The van der Waals surface area contributed by atoms with E-state index in [9.17, 15) is 9.59 Å². The lowest BCUT2D eigenvalue weighted by Gasteiger charge is -1.98. The second kappa shape index (κ2) is 9.71. The molecule has 4 heteroatoms. The first kappa shape index (κ1) is 14.2. The van der Waals surface area contributed by atoms with E-state index in [0.717, 1.165) is 0 Å². The molecule has 16 heavy (non-hydrogen) atoms. The largest absolute Gasteiger partial charge is 0.461 e. The smallest absolute Gasteiger partial charge is 0.309 e. The maximum atomic E-state index is 11.0. The SMILES string of the molecule is C=CCOC(=O)CC=CCC(=O)OCC=C. The maximum Gasteiger partial charge on any atom is 0.309 e. The van der Waals surface area contributed by atoms with Crippen LogP contribution < -0.4 is 0 Å². The van der Waals surface area contributed by atoms with Gasteiger partial charge in [0.2, 0.25) is 0 Å². The minimum atomic E-state index is -0.351. The van der Waals surface area contributed by atoms with E-state index in [1.807, 2.05) is 0 Å². The van der Waals surface area contributed by atoms with Crippen molar-refractivity contribution in [3.05, 3.63) is 37.5 Å². The number of ether oxygens (including phenoxy) is 2. The molecule has 0 N–H and O–H groups in total. The quantitative estimate of drug-likeness (QED) is 0.466. The molecule has 0 aliphatic carbocycles. The first-order valence-corrected chi connectivity index (χ1v) is 4.88. The van der Waals surface area contributed by atoms with Crippen LogP contribution in [0.4, 0.5) is 0 Å². The molecule has 88 valence electrons. The summed E-state index contributed by atoms with van der Waals surface area (Å²) in [5.41, 5.74) is 0. The summed E-state index contributed by atoms with van der Waals surface area (Å²) in [7, 11) is 0. The van der Waals surface area contributed by atoms with E-state index < -0.39 is 0 Å². The Morgan fingerprint density at radius 1 is 0.875 bits per heavy atom. The maximum absolute atomic E-state index is 11.0. The van der Waals surface area contributed by atoms with E-state index in [1.54, 1.807) is 12.2 Å². The number of carbonyl (C=O) groups is 2. The highest BCUT2D eigenvalue weighted by Gasteiger charge is 1.99. The van der Waals surface area contributed by atoms with Crippen LogP contribution in [-0.2, 0) is 19.1 Å². The second-order valence-electron chi connectivity index (χ2n) is 2.82. The molecule has 0 saturated carbocycles. The number of hydrogen-bond acceptors (Lipinski definition) is 4. The van der Waals surface area contributed by atoms with Gasteiger partial charge in [-0.15, -0.1) is 0 Å². The van der Waals surface area contributed by atoms with Gasteiger partial charge in [0, 0.05) is 0 Å². The Hall–Kier alpha value is -1.84. The highest BCUT2D eigenvalue weighted by molar-refractivity contribution is 5.73. The van der Waals surface area contributed by atoms with E-state index in [4.69, 9.17) is 9.47 Å². The van der Waals surface area contributed by atoms with Gasteiger partial charge in [0.15, 0.2) is 0 Å². The topological polar surface area (TPSA) is 52.6 Å². The zero-order valence-electron chi connectivity index (χ0n) is 9.19. The lowest BCUT2D eigenvalue weighted by Crippen LogP contribution is -2.03. The Balaban J connectivity index is 3.60. The summed E-state index contributed by atoms with van der Waals surface area (Å²) in [6.07, 6.45) is 6.41. The lowest BCUT2D eigenvalue weighted by atomic mass is 10.3. The molecule has 0 fully saturated rings. The third-order valence-corrected chi connectivity index (χ3v) is 1.46. The van der Waals surface area contributed by atoms with Gasteiger partial charge in [-0.2, -0.15) is 0 Å². The zero-order valence-corrected chi connectivity index (χ0v) is 9.19. The van der Waals surface area contributed by atoms with E-state index in [-0.39, 0.29) is 38.0 Å². The van der Waals surface area contributed by atoms with Gasteiger partial charge in [-0.1, -0.05) is 37.5 Å². The summed E-state index contributed by atoms with van der Waals surface area (Å²) < 4.78 is 9.45. The van der Waals surface area contributed by atoms with E-state index in [1.165, 1.54) is 12.2 Å². The van der Waals surface area contributed by atoms with Crippen LogP contribution in [0.1, 0.15) is 12.8 Å². The summed E-state index contributed by atoms with van der Waals surface area (Å²) in [4.78, 5) is 21.9.